The average Bonchev–Trinajstić information content (AvgIpc) is 1.93. The van der Waals surface area contributed by atoms with Gasteiger partial charge in [-0.25, -0.2) is 0 Å². The molecule has 1 aliphatic heterocycles. The molecule has 0 spiro atoms. The van der Waals surface area contributed by atoms with Gasteiger partial charge in [0, 0.05) is 0 Å². The summed E-state index contributed by atoms with van der Waals surface area (Å²) in [6, 6.07) is -0.776. The summed E-state index contributed by atoms with van der Waals surface area (Å²) in [7, 11) is 0. The van der Waals surface area contributed by atoms with E-state index in [0.29, 0.717) is 0 Å². The van der Waals surface area contributed by atoms with Crippen LogP contribution in [0.25, 0.3) is 0 Å². The lowest BCUT2D eigenvalue weighted by Crippen LogP contribution is -2.59. The highest BCUT2D eigenvalue weighted by atomic mass is 35.5. The number of halogens is 1. The molecule has 0 aromatic heterocycles. The van der Waals surface area contributed by atoms with Gasteiger partial charge in [0.05, 0.1) is 6.04 Å². The van der Waals surface area contributed by atoms with Crippen LogP contribution >= 0.6 is 12.4 Å². The first-order chi connectivity index (χ1) is 6.82. The van der Waals surface area contributed by atoms with Crippen LogP contribution in [0.3, 0.4) is 0 Å². The minimum Gasteiger partial charge on any atom is -0.368 e. The highest BCUT2D eigenvalue weighted by molar-refractivity contribution is 5.89. The number of amides is 2. The van der Waals surface area contributed by atoms with Crippen molar-refractivity contribution >= 4 is 24.2 Å². The molecule has 4 N–H and O–H groups in total. The molecule has 1 saturated heterocycles. The number of primary amides is 1. The van der Waals surface area contributed by atoms with Gasteiger partial charge in [0.25, 0.3) is 0 Å². The van der Waals surface area contributed by atoms with Crippen LogP contribution in [-0.4, -0.2) is 30.4 Å². The summed E-state index contributed by atoms with van der Waals surface area (Å²) in [6.45, 7) is 6.47. The predicted molar refractivity (Wildman–Crippen MR) is 64.2 cm³/mol. The molecule has 5 nitrogen and oxygen atoms in total. The Bertz CT molecular complexity index is 272. The van der Waals surface area contributed by atoms with E-state index in [1.54, 1.807) is 0 Å². The van der Waals surface area contributed by atoms with Gasteiger partial charge in [0.15, 0.2) is 0 Å². The zero-order valence-corrected chi connectivity index (χ0v) is 10.7. The third-order valence-corrected chi connectivity index (χ3v) is 2.58. The van der Waals surface area contributed by atoms with Crippen LogP contribution in [0.1, 0.15) is 27.2 Å². The molecule has 1 aliphatic rings. The van der Waals surface area contributed by atoms with Crippen molar-refractivity contribution in [2.45, 2.75) is 39.3 Å². The Morgan fingerprint density at radius 3 is 2.19 bits per heavy atom. The fourth-order valence-corrected chi connectivity index (χ4v) is 1.47. The summed E-state index contributed by atoms with van der Waals surface area (Å²) in [6.07, 6.45) is 0.821. The van der Waals surface area contributed by atoms with Crippen molar-refractivity contribution in [3.8, 4) is 0 Å². The molecule has 0 radical (unpaired) electrons. The molecule has 1 fully saturated rings. The van der Waals surface area contributed by atoms with E-state index >= 15 is 0 Å². The predicted octanol–water partition coefficient (Wildman–Crippen LogP) is -0.214. The average molecular weight is 250 g/mol. The van der Waals surface area contributed by atoms with Crippen LogP contribution in [0, 0.1) is 5.41 Å². The van der Waals surface area contributed by atoms with Crippen molar-refractivity contribution in [1.82, 2.24) is 10.6 Å². The summed E-state index contributed by atoms with van der Waals surface area (Å²) in [5.74, 6) is -0.629. The van der Waals surface area contributed by atoms with E-state index in [0.717, 1.165) is 13.0 Å². The van der Waals surface area contributed by atoms with E-state index in [1.807, 2.05) is 20.8 Å². The lowest BCUT2D eigenvalue weighted by molar-refractivity contribution is -0.131. The van der Waals surface area contributed by atoms with Crippen molar-refractivity contribution in [2.75, 3.05) is 6.54 Å². The quantitative estimate of drug-likeness (QED) is 0.647. The molecule has 0 aromatic carbocycles. The van der Waals surface area contributed by atoms with Gasteiger partial charge in [-0.05, 0) is 18.4 Å². The Labute approximate surface area is 102 Å². The molecule has 0 aliphatic carbocycles. The number of nitrogens with two attached hydrogens (primary N) is 1. The molecule has 1 unspecified atom stereocenters. The van der Waals surface area contributed by atoms with E-state index in [-0.39, 0.29) is 29.8 Å². The second kappa shape index (κ2) is 5.50. The lowest BCUT2D eigenvalue weighted by Gasteiger charge is -2.33. The smallest absolute Gasteiger partial charge is 0.240 e. The normalized spacial score (nSPS) is 21.3. The van der Waals surface area contributed by atoms with Gasteiger partial charge in [-0.15, -0.1) is 12.4 Å². The summed E-state index contributed by atoms with van der Waals surface area (Å²) >= 11 is 0. The molecule has 2 atom stereocenters. The van der Waals surface area contributed by atoms with Gasteiger partial charge in [0.2, 0.25) is 11.8 Å². The number of rotatable bonds is 3. The van der Waals surface area contributed by atoms with Gasteiger partial charge >= 0.3 is 0 Å². The minimum absolute atomic E-state index is 0. The lowest BCUT2D eigenvalue weighted by atomic mass is 9.86. The zero-order valence-electron chi connectivity index (χ0n) is 9.87. The Morgan fingerprint density at radius 1 is 1.44 bits per heavy atom. The topological polar surface area (TPSA) is 84.2 Å². The molecule has 1 heterocycles. The van der Waals surface area contributed by atoms with Crippen molar-refractivity contribution < 1.29 is 9.59 Å². The molecule has 94 valence electrons. The number of carbonyl (C=O) groups is 2. The van der Waals surface area contributed by atoms with Gasteiger partial charge in [0.1, 0.15) is 6.04 Å². The maximum absolute atomic E-state index is 11.6. The van der Waals surface area contributed by atoms with Crippen LogP contribution in [-0.2, 0) is 9.59 Å². The first kappa shape index (κ1) is 15.2. The molecular weight excluding hydrogens is 230 g/mol. The largest absolute Gasteiger partial charge is 0.368 e. The van der Waals surface area contributed by atoms with E-state index in [4.69, 9.17) is 5.73 Å². The first-order valence-electron chi connectivity index (χ1n) is 5.15. The molecule has 6 heteroatoms. The second-order valence-electron chi connectivity index (χ2n) is 5.01. The summed E-state index contributed by atoms with van der Waals surface area (Å²) in [5.41, 5.74) is 4.90. The van der Waals surface area contributed by atoms with Crippen molar-refractivity contribution in [1.29, 1.82) is 0 Å². The molecule has 0 saturated carbocycles. The van der Waals surface area contributed by atoms with Crippen LogP contribution in [0.2, 0.25) is 0 Å². The van der Waals surface area contributed by atoms with Crippen molar-refractivity contribution in [3.05, 3.63) is 0 Å². The van der Waals surface area contributed by atoms with E-state index in [1.165, 1.54) is 0 Å². The third kappa shape index (κ3) is 3.64. The molecular formula is C10H20ClN3O2. The van der Waals surface area contributed by atoms with Crippen LogP contribution < -0.4 is 16.4 Å². The standard InChI is InChI=1S/C10H19N3O2.ClH/c1-10(2,3)7(8(11)14)13-9(15)6-4-5-12-6;/h6-7,12H,4-5H2,1-3H3,(H2,11,14)(H,13,15);1H/t6-,7?;/m1./s1. The Balaban J connectivity index is 0.00000225. The molecule has 0 aromatic rings. The number of hydrogen-bond acceptors (Lipinski definition) is 3. The van der Waals surface area contributed by atoms with Gasteiger partial charge in [-0.1, -0.05) is 20.8 Å². The third-order valence-electron chi connectivity index (χ3n) is 2.58. The highest BCUT2D eigenvalue weighted by Gasteiger charge is 2.34. The zero-order chi connectivity index (χ0) is 11.6. The fraction of sp³-hybridized carbons (Fsp3) is 0.800. The first-order valence-corrected chi connectivity index (χ1v) is 5.15. The monoisotopic (exact) mass is 249 g/mol. The molecule has 1 rings (SSSR count). The van der Waals surface area contributed by atoms with Gasteiger partial charge < -0.3 is 16.4 Å². The Hall–Kier alpha value is -0.810. The SMILES string of the molecule is CC(C)(C)C(NC(=O)[C@H]1CCN1)C(N)=O.Cl. The van der Waals surface area contributed by atoms with Crippen molar-refractivity contribution in [3.63, 3.8) is 0 Å². The summed E-state index contributed by atoms with van der Waals surface area (Å²) in [5, 5.41) is 5.66. The van der Waals surface area contributed by atoms with Gasteiger partial charge in [-0.2, -0.15) is 0 Å². The number of carbonyl (C=O) groups excluding carboxylic acids is 2. The maximum Gasteiger partial charge on any atom is 0.240 e. The second-order valence-corrected chi connectivity index (χ2v) is 5.01. The van der Waals surface area contributed by atoms with Gasteiger partial charge in [-0.3, -0.25) is 9.59 Å². The molecule has 0 bridgehead atoms. The van der Waals surface area contributed by atoms with Crippen molar-refractivity contribution in [2.24, 2.45) is 11.1 Å². The molecule has 16 heavy (non-hydrogen) atoms. The van der Waals surface area contributed by atoms with Crippen LogP contribution in [0.15, 0.2) is 0 Å². The Morgan fingerprint density at radius 2 is 1.94 bits per heavy atom. The summed E-state index contributed by atoms with van der Waals surface area (Å²) < 4.78 is 0. The van der Waals surface area contributed by atoms with E-state index in [9.17, 15) is 9.59 Å². The summed E-state index contributed by atoms with van der Waals surface area (Å²) in [4.78, 5) is 22.8. The maximum atomic E-state index is 11.6. The number of nitrogens with one attached hydrogen (secondary N) is 2. The van der Waals surface area contributed by atoms with Crippen LogP contribution in [0.5, 0.6) is 0 Å². The Kier molecular flexibility index (Phi) is 5.22. The molecule has 2 amide bonds. The minimum atomic E-state index is -0.618. The van der Waals surface area contributed by atoms with E-state index < -0.39 is 11.9 Å². The highest BCUT2D eigenvalue weighted by Crippen LogP contribution is 2.19. The van der Waals surface area contributed by atoms with Crippen LogP contribution in [0.4, 0.5) is 0 Å². The van der Waals surface area contributed by atoms with E-state index in [2.05, 4.69) is 10.6 Å². The fourth-order valence-electron chi connectivity index (χ4n) is 1.47. The number of hydrogen-bond donors (Lipinski definition) is 3.